The van der Waals surface area contributed by atoms with E-state index < -0.39 is 134 Å². The number of ketones is 3. The Morgan fingerprint density at radius 3 is 2.30 bits per heavy atom. The predicted octanol–water partition coefficient (Wildman–Crippen LogP) is 5.86. The van der Waals surface area contributed by atoms with Gasteiger partial charge in [0.1, 0.15) is 46.1 Å². The number of hydrogen-bond acceptors (Lipinski definition) is 23. The molecule has 2 amide bonds. The molecule has 29 heteroatoms. The zero-order chi connectivity index (χ0) is 67.5. The van der Waals surface area contributed by atoms with E-state index in [9.17, 15) is 77.4 Å². The van der Waals surface area contributed by atoms with Crippen LogP contribution in [0, 0.1) is 22.0 Å². The van der Waals surface area contributed by atoms with Crippen molar-refractivity contribution in [2.75, 3.05) is 45.8 Å². The number of phenolic OH excluding ortho intramolecular Hbond substituents is 2. The molecule has 1 fully saturated rings. The van der Waals surface area contributed by atoms with Crippen LogP contribution in [0.2, 0.25) is 0 Å². The molecule has 494 valence electrons. The summed E-state index contributed by atoms with van der Waals surface area (Å²) in [6, 6.07) is 22.8. The van der Waals surface area contributed by atoms with Gasteiger partial charge in [-0.05, 0) is 86.6 Å². The molecule has 3 aliphatic carbocycles. The lowest BCUT2D eigenvalue weighted by molar-refractivity contribution is -0.386. The minimum atomic E-state index is -4.44. The van der Waals surface area contributed by atoms with Crippen LogP contribution < -0.4 is 30.2 Å². The summed E-state index contributed by atoms with van der Waals surface area (Å²) in [6.07, 6.45) is -4.53. The average Bonchev–Trinajstić information content (AvgIpc) is 0.786. The van der Waals surface area contributed by atoms with Crippen LogP contribution in [0.3, 0.4) is 0 Å². The summed E-state index contributed by atoms with van der Waals surface area (Å²) in [5.41, 5.74) is -2.79. The molecule has 28 nitrogen and oxygen atoms in total. The number of carbonyl (C=O) groups is 6. The molecular formula is C65H67N7O21S. The number of ether oxygens (including phenoxy) is 5. The number of benzene rings is 6. The minimum absolute atomic E-state index is 0.0115. The Morgan fingerprint density at radius 1 is 0.872 bits per heavy atom. The van der Waals surface area contributed by atoms with Crippen LogP contribution in [0.15, 0.2) is 102 Å². The first-order valence-electron chi connectivity index (χ1n) is 29.9. The van der Waals surface area contributed by atoms with Gasteiger partial charge in [-0.1, -0.05) is 48.5 Å². The third kappa shape index (κ3) is 13.8. The van der Waals surface area contributed by atoms with Crippen molar-refractivity contribution in [3.63, 3.8) is 0 Å². The molecule has 1 saturated carbocycles. The number of esters is 1. The van der Waals surface area contributed by atoms with Gasteiger partial charge in [-0.2, -0.15) is 8.42 Å². The molecule has 7 aromatic rings. The molecule has 1 aromatic heterocycles. The number of aliphatic hydroxyl groups is 3. The van der Waals surface area contributed by atoms with Crippen LogP contribution in [0.4, 0.5) is 11.4 Å². The first-order valence-corrected chi connectivity index (χ1v) is 31.3. The fourth-order valence-corrected chi connectivity index (χ4v) is 13.2. The smallest absolute Gasteiger partial charge is 0.306 e. The van der Waals surface area contributed by atoms with E-state index in [2.05, 4.69) is 26.3 Å². The second-order valence-corrected chi connectivity index (χ2v) is 24.6. The number of aliphatic hydroxyl groups excluding tert-OH is 2. The van der Waals surface area contributed by atoms with Crippen molar-refractivity contribution in [2.45, 2.75) is 100 Å². The van der Waals surface area contributed by atoms with E-state index in [-0.39, 0.29) is 107 Å². The fourth-order valence-electron chi connectivity index (χ4n) is 12.5. The molecule has 9 N–H and O–H groups in total. The molecule has 0 spiro atoms. The molecule has 6 aromatic carbocycles. The highest BCUT2D eigenvalue weighted by molar-refractivity contribution is 7.86. The van der Waals surface area contributed by atoms with Gasteiger partial charge in [0, 0.05) is 71.1 Å². The van der Waals surface area contributed by atoms with Crippen LogP contribution in [0.1, 0.15) is 129 Å². The molecule has 0 aliphatic heterocycles. The second kappa shape index (κ2) is 27.7. The van der Waals surface area contributed by atoms with Gasteiger partial charge in [0.2, 0.25) is 11.7 Å². The van der Waals surface area contributed by atoms with Gasteiger partial charge in [0.05, 0.1) is 97.2 Å². The Morgan fingerprint density at radius 2 is 1.59 bits per heavy atom. The van der Waals surface area contributed by atoms with Gasteiger partial charge in [0.25, 0.3) is 21.7 Å². The van der Waals surface area contributed by atoms with Gasteiger partial charge in [0.15, 0.2) is 23.1 Å². The first kappa shape index (κ1) is 67.0. The molecule has 0 bridgehead atoms. The van der Waals surface area contributed by atoms with Crippen LogP contribution in [-0.2, 0) is 46.9 Å². The lowest BCUT2D eigenvalue weighted by Crippen LogP contribution is -2.48. The first-order chi connectivity index (χ1) is 44.8. The highest BCUT2D eigenvalue weighted by Crippen LogP contribution is 2.53. The van der Waals surface area contributed by atoms with Crippen molar-refractivity contribution in [1.29, 1.82) is 0 Å². The zero-order valence-corrected chi connectivity index (χ0v) is 52.0. The molecule has 0 saturated heterocycles. The number of fused-ring (bicyclic) bond motifs is 4. The van der Waals surface area contributed by atoms with E-state index in [4.69, 9.17) is 23.7 Å². The number of phenols is 2. The van der Waals surface area contributed by atoms with Gasteiger partial charge in [-0.25, -0.2) is 4.68 Å². The third-order valence-corrected chi connectivity index (χ3v) is 18.1. The Hall–Kier alpha value is -9.91. The number of nitro benzene ring substituents is 1. The number of Topliss-reactive ketones (excluding diaryl/α,β-unsaturated/α-hetero) is 1. The van der Waals surface area contributed by atoms with E-state index in [1.807, 2.05) is 0 Å². The van der Waals surface area contributed by atoms with Crippen LogP contribution in [0.25, 0.3) is 16.5 Å². The van der Waals surface area contributed by atoms with Crippen molar-refractivity contribution in [3.8, 4) is 34.4 Å². The van der Waals surface area contributed by atoms with Crippen LogP contribution in [-0.4, -0.2) is 152 Å². The lowest BCUT2D eigenvalue weighted by Gasteiger charge is -2.43. The maximum Gasteiger partial charge on any atom is 0.306 e. The monoisotopic (exact) mass is 1310 g/mol. The molecule has 7 atom stereocenters. The highest BCUT2D eigenvalue weighted by Gasteiger charge is 2.50. The summed E-state index contributed by atoms with van der Waals surface area (Å²) in [5.74, 6) is -7.22. The lowest BCUT2D eigenvalue weighted by atomic mass is 9.71. The standard InChI is InChI=1S/C65H67N7O21S/c1-33-23-39(93-50-29-65(83,52(74)32-73)28-44-56(50)63(81)58-57(61(44)79)60(78)42-11-6-13-47(89-3)55(42)62(58)80)24-36(59(33)77)25-54(76)92-34(2)43-26-48(90-4)49(27-46(43)72(84)85)91-22-8-15-53(75)68-30-37-31-71(70-69-37)38-18-16-35(17-19-38)64(82)67-21-20-66-45-12-5-10-41-40(45)9-7-14-51(41)94(86,87)88/h5-7,9-14,16-19,26-27,31,33-34,36,39,50,59,66,73,77,79,81,83H,8,15,20-25,28-30,32H2,1-4H3,(H,67,82)(H,68,75)(H,86,87,88)/t33-,34?,36?,39-,50?,59-,65+/m1/s1. The van der Waals surface area contributed by atoms with Gasteiger partial charge in [-0.3, -0.25) is 43.4 Å². The van der Waals surface area contributed by atoms with E-state index >= 15 is 0 Å². The van der Waals surface area contributed by atoms with E-state index in [1.165, 1.54) is 62.2 Å². The summed E-state index contributed by atoms with van der Waals surface area (Å²) in [6.45, 7) is 2.47. The van der Waals surface area contributed by atoms with Crippen molar-refractivity contribution < 1.29 is 95.9 Å². The number of nitrogens with one attached hydrogen (secondary N) is 3. The van der Waals surface area contributed by atoms with Gasteiger partial charge < -0.3 is 65.2 Å². The van der Waals surface area contributed by atoms with E-state index in [0.29, 0.717) is 39.9 Å². The number of methoxy groups -OCH3 is 2. The number of nitro groups is 1. The third-order valence-electron chi connectivity index (χ3n) is 17.1. The number of carbonyl (C=O) groups excluding carboxylic acids is 6. The molecule has 10 rings (SSSR count). The Labute approximate surface area is 536 Å². The predicted molar refractivity (Wildman–Crippen MR) is 332 cm³/mol. The molecule has 94 heavy (non-hydrogen) atoms. The highest BCUT2D eigenvalue weighted by atomic mass is 32.2. The summed E-state index contributed by atoms with van der Waals surface area (Å²) >= 11 is 0. The number of amides is 2. The number of aromatic hydroxyl groups is 2. The number of anilines is 1. The van der Waals surface area contributed by atoms with Crippen molar-refractivity contribution >= 4 is 67.4 Å². The summed E-state index contributed by atoms with van der Waals surface area (Å²) in [4.78, 5) is 92.5. The Balaban J connectivity index is 0.706. The largest absolute Gasteiger partial charge is 0.507 e. The van der Waals surface area contributed by atoms with Crippen LogP contribution in [0.5, 0.6) is 28.7 Å². The van der Waals surface area contributed by atoms with Gasteiger partial charge in [-0.15, -0.1) is 5.10 Å². The topological polar surface area (TPSA) is 414 Å². The quantitative estimate of drug-likeness (QED) is 0.00807. The fraction of sp³-hybridized carbons (Fsp3) is 0.354. The number of nitrogens with zero attached hydrogens (tertiary/aromatic N) is 4. The Bertz CT molecular complexity index is 4270. The van der Waals surface area contributed by atoms with Gasteiger partial charge >= 0.3 is 5.97 Å². The summed E-state index contributed by atoms with van der Waals surface area (Å²) in [5, 5.41) is 87.3. The number of hydrogen-bond donors (Lipinski definition) is 9. The minimum Gasteiger partial charge on any atom is -0.507 e. The number of aromatic nitrogens is 3. The van der Waals surface area contributed by atoms with E-state index in [1.54, 1.807) is 61.7 Å². The normalized spacial score (nSPS) is 19.4. The molecular weight excluding hydrogens is 1250 g/mol. The van der Waals surface area contributed by atoms with Crippen LogP contribution >= 0.6 is 0 Å². The maximum atomic E-state index is 14.2. The summed E-state index contributed by atoms with van der Waals surface area (Å²) in [7, 11) is -1.85. The summed E-state index contributed by atoms with van der Waals surface area (Å²) < 4.78 is 63.8. The second-order valence-electron chi connectivity index (χ2n) is 23.2. The molecule has 3 unspecified atom stereocenters. The molecule has 3 aliphatic rings. The Kier molecular flexibility index (Phi) is 19.8. The zero-order valence-electron chi connectivity index (χ0n) is 51.2. The van der Waals surface area contributed by atoms with Crippen molar-refractivity contribution in [3.05, 3.63) is 158 Å². The average molecular weight is 1310 g/mol. The number of rotatable bonds is 25. The molecule has 1 heterocycles. The van der Waals surface area contributed by atoms with Crippen molar-refractivity contribution in [1.82, 2.24) is 25.6 Å². The molecule has 0 radical (unpaired) electrons. The SMILES string of the molecule is COc1cc(C(C)OC(=O)CC2C[C@H](OC3C[C@](O)(C(=O)CO)Cc4c(O)c5c(c(O)c43)C(=O)c3c(OC)cccc3C5=O)C[C@@H](C)[C@H]2O)c([N+](=O)[O-])cc1OCCCC(=O)NCc1cn(-c2ccc(C(=O)NCCNc3cccc4c(S(=O)(=O)O)cccc34)cc2)nn1. The van der Waals surface area contributed by atoms with Crippen molar-refractivity contribution in [2.24, 2.45) is 11.8 Å². The van der Waals surface area contributed by atoms with E-state index in [0.717, 1.165) is 6.07 Å². The maximum absolute atomic E-state index is 14.2.